The third kappa shape index (κ3) is 3.43. The van der Waals surface area contributed by atoms with E-state index in [1.807, 2.05) is 37.3 Å². The first kappa shape index (κ1) is 16.8. The molecule has 0 bridgehead atoms. The Morgan fingerprint density at radius 1 is 1.09 bits per heavy atom. The van der Waals surface area contributed by atoms with Crippen molar-refractivity contribution in [1.29, 1.82) is 0 Å². The van der Waals surface area contributed by atoms with E-state index in [4.69, 9.17) is 11.6 Å². The lowest BCUT2D eigenvalue weighted by Crippen LogP contribution is -2.35. The topological polar surface area (TPSA) is 60.7 Å². The van der Waals surface area contributed by atoms with E-state index in [1.165, 1.54) is 0 Å². The number of halogens is 1. The quantitative estimate of drug-likeness (QED) is 0.766. The number of aliphatic hydroxyl groups is 2. The van der Waals surface area contributed by atoms with Crippen molar-refractivity contribution >= 4 is 11.6 Å². The molecule has 3 N–H and O–H groups in total. The number of rotatable bonds is 6. The highest BCUT2D eigenvalue weighted by Gasteiger charge is 2.33. The molecule has 4 heteroatoms. The van der Waals surface area contributed by atoms with Crippen molar-refractivity contribution in [1.82, 2.24) is 0 Å². The van der Waals surface area contributed by atoms with Gasteiger partial charge in [0.15, 0.2) is 0 Å². The van der Waals surface area contributed by atoms with Crippen molar-refractivity contribution in [2.45, 2.75) is 25.2 Å². The van der Waals surface area contributed by atoms with E-state index in [1.54, 1.807) is 12.1 Å². The van der Waals surface area contributed by atoms with Gasteiger partial charge < -0.3 is 15.3 Å². The number of aryl methyl sites for hydroxylation is 1. The summed E-state index contributed by atoms with van der Waals surface area (Å²) in [5.74, 6) is 0.149. The second-order valence-electron chi connectivity index (χ2n) is 5.68. The molecule has 0 fully saturated rings. The van der Waals surface area contributed by atoms with Gasteiger partial charge in [0.1, 0.15) is 5.75 Å². The summed E-state index contributed by atoms with van der Waals surface area (Å²) in [7, 11) is 0. The van der Waals surface area contributed by atoms with E-state index in [9.17, 15) is 15.3 Å². The van der Waals surface area contributed by atoms with Gasteiger partial charge in [0, 0.05) is 17.0 Å². The molecule has 1 unspecified atom stereocenters. The van der Waals surface area contributed by atoms with Crippen molar-refractivity contribution in [3.8, 4) is 5.75 Å². The van der Waals surface area contributed by atoms with Crippen LogP contribution in [0.25, 0.3) is 0 Å². The van der Waals surface area contributed by atoms with Crippen molar-refractivity contribution in [3.05, 3.63) is 64.2 Å². The fourth-order valence-corrected chi connectivity index (χ4v) is 3.14. The van der Waals surface area contributed by atoms with Gasteiger partial charge in [-0.05, 0) is 54.7 Å². The van der Waals surface area contributed by atoms with E-state index < -0.39 is 5.41 Å². The van der Waals surface area contributed by atoms with Crippen LogP contribution < -0.4 is 0 Å². The maximum atomic E-state index is 10.1. The Morgan fingerprint density at radius 2 is 1.82 bits per heavy atom. The summed E-state index contributed by atoms with van der Waals surface area (Å²) in [6.07, 6.45) is 0.882. The molecule has 0 aromatic heterocycles. The van der Waals surface area contributed by atoms with Gasteiger partial charge in [-0.15, -0.1) is 0 Å². The number of benzene rings is 2. The highest BCUT2D eigenvalue weighted by atomic mass is 35.5. The molecule has 1 atom stereocenters. The average molecular weight is 321 g/mol. The Hall–Kier alpha value is -1.55. The Bertz CT molecular complexity index is 642. The number of phenolic OH excluding ortho intramolecular Hbond substituents is 1. The molecule has 2 aromatic carbocycles. The second kappa shape index (κ2) is 7.14. The van der Waals surface area contributed by atoms with Crippen LogP contribution in [0.5, 0.6) is 5.75 Å². The summed E-state index contributed by atoms with van der Waals surface area (Å²) in [6, 6.07) is 12.6. The molecule has 0 saturated carbocycles. The van der Waals surface area contributed by atoms with Gasteiger partial charge in [-0.25, -0.2) is 0 Å². The molecule has 0 saturated heterocycles. The van der Waals surface area contributed by atoms with Gasteiger partial charge in [0.25, 0.3) is 0 Å². The van der Waals surface area contributed by atoms with Crippen LogP contribution in [0.1, 0.15) is 23.1 Å². The lowest BCUT2D eigenvalue weighted by Gasteiger charge is -2.34. The fraction of sp³-hybridized carbons (Fsp3) is 0.333. The smallest absolute Gasteiger partial charge is 0.115 e. The van der Waals surface area contributed by atoms with Gasteiger partial charge >= 0.3 is 0 Å². The first-order valence-corrected chi connectivity index (χ1v) is 7.65. The first-order chi connectivity index (χ1) is 10.5. The predicted octanol–water partition coefficient (Wildman–Crippen LogP) is 3.21. The summed E-state index contributed by atoms with van der Waals surface area (Å²) in [6.45, 7) is 1.74. The molecule has 0 heterocycles. The van der Waals surface area contributed by atoms with Gasteiger partial charge in [-0.1, -0.05) is 35.9 Å². The minimum Gasteiger partial charge on any atom is -0.508 e. The molecule has 3 nitrogen and oxygen atoms in total. The summed E-state index contributed by atoms with van der Waals surface area (Å²) in [4.78, 5) is 0. The molecule has 2 rings (SSSR count). The van der Waals surface area contributed by atoms with E-state index in [-0.39, 0.29) is 19.0 Å². The highest BCUT2D eigenvalue weighted by molar-refractivity contribution is 6.31. The van der Waals surface area contributed by atoms with Crippen molar-refractivity contribution in [3.63, 3.8) is 0 Å². The number of aromatic hydroxyl groups is 1. The van der Waals surface area contributed by atoms with Crippen LogP contribution in [0.2, 0.25) is 5.02 Å². The number of hydrogen-bond donors (Lipinski definition) is 3. The third-order valence-electron chi connectivity index (χ3n) is 4.17. The Morgan fingerprint density at radius 3 is 2.45 bits per heavy atom. The summed E-state index contributed by atoms with van der Waals surface area (Å²) in [5.41, 5.74) is 2.04. The van der Waals surface area contributed by atoms with E-state index in [0.29, 0.717) is 17.9 Å². The third-order valence-corrected chi connectivity index (χ3v) is 4.54. The van der Waals surface area contributed by atoms with E-state index in [2.05, 4.69) is 0 Å². The van der Waals surface area contributed by atoms with Crippen LogP contribution in [0, 0.1) is 6.92 Å². The second-order valence-corrected chi connectivity index (χ2v) is 6.09. The van der Waals surface area contributed by atoms with Gasteiger partial charge in [0.2, 0.25) is 0 Å². The number of hydrogen-bond acceptors (Lipinski definition) is 3. The highest BCUT2D eigenvalue weighted by Crippen LogP contribution is 2.37. The maximum Gasteiger partial charge on any atom is 0.115 e. The Balaban J connectivity index is 2.52. The van der Waals surface area contributed by atoms with Crippen LogP contribution in [0.3, 0.4) is 0 Å². The van der Waals surface area contributed by atoms with Crippen molar-refractivity contribution in [2.75, 3.05) is 13.2 Å². The zero-order valence-corrected chi connectivity index (χ0v) is 13.3. The lowest BCUT2D eigenvalue weighted by atomic mass is 9.72. The molecule has 2 aromatic rings. The molecule has 0 aliphatic heterocycles. The molecule has 118 valence electrons. The summed E-state index contributed by atoms with van der Waals surface area (Å²) < 4.78 is 0. The normalized spacial score (nSPS) is 13.8. The lowest BCUT2D eigenvalue weighted by molar-refractivity contribution is 0.150. The van der Waals surface area contributed by atoms with Gasteiger partial charge in [-0.3, -0.25) is 0 Å². The Kier molecular flexibility index (Phi) is 5.46. The molecule has 0 spiro atoms. The molecule has 0 aliphatic rings. The first-order valence-electron chi connectivity index (χ1n) is 7.27. The molecule has 22 heavy (non-hydrogen) atoms. The van der Waals surface area contributed by atoms with Crippen LogP contribution >= 0.6 is 11.6 Å². The number of phenols is 1. The molecule has 0 radical (unpaired) electrons. The predicted molar refractivity (Wildman–Crippen MR) is 88.5 cm³/mol. The van der Waals surface area contributed by atoms with E-state index >= 15 is 0 Å². The SMILES string of the molecule is Cc1ccc(O)cc1C(CO)(CCO)Cc1ccccc1Cl. The van der Waals surface area contributed by atoms with Crippen LogP contribution in [-0.4, -0.2) is 28.5 Å². The largest absolute Gasteiger partial charge is 0.508 e. The zero-order chi connectivity index (χ0) is 16.2. The fourth-order valence-electron chi connectivity index (χ4n) is 2.94. The molecule has 0 aliphatic carbocycles. The monoisotopic (exact) mass is 320 g/mol. The summed E-state index contributed by atoms with van der Waals surface area (Å²) in [5, 5.41) is 30.0. The minimum atomic E-state index is -0.678. The van der Waals surface area contributed by atoms with Crippen LogP contribution in [0.4, 0.5) is 0 Å². The average Bonchev–Trinajstić information content (AvgIpc) is 2.51. The number of aliphatic hydroxyl groups excluding tert-OH is 2. The van der Waals surface area contributed by atoms with Crippen molar-refractivity contribution < 1.29 is 15.3 Å². The van der Waals surface area contributed by atoms with Gasteiger partial charge in [-0.2, -0.15) is 0 Å². The molecular weight excluding hydrogens is 300 g/mol. The molecule has 0 amide bonds. The molecular formula is C18H21ClO3. The zero-order valence-electron chi connectivity index (χ0n) is 12.6. The van der Waals surface area contributed by atoms with E-state index in [0.717, 1.165) is 16.7 Å². The van der Waals surface area contributed by atoms with Crippen LogP contribution in [-0.2, 0) is 11.8 Å². The maximum absolute atomic E-state index is 10.1. The van der Waals surface area contributed by atoms with Crippen molar-refractivity contribution in [2.24, 2.45) is 0 Å². The standard InChI is InChI=1S/C18H21ClO3/c1-13-6-7-15(22)10-16(13)18(12-21,8-9-20)11-14-4-2-3-5-17(14)19/h2-7,10,20-22H,8-9,11-12H2,1H3. The Labute approximate surface area is 135 Å². The summed E-state index contributed by atoms with van der Waals surface area (Å²) >= 11 is 6.25. The minimum absolute atomic E-state index is 0.0554. The van der Waals surface area contributed by atoms with Crippen LogP contribution in [0.15, 0.2) is 42.5 Å². The van der Waals surface area contributed by atoms with Gasteiger partial charge in [0.05, 0.1) is 6.61 Å².